The van der Waals surface area contributed by atoms with Crippen LogP contribution in [0.25, 0.3) is 0 Å². The van der Waals surface area contributed by atoms with Gasteiger partial charge in [-0.05, 0) is 38.5 Å². The van der Waals surface area contributed by atoms with Crippen molar-refractivity contribution in [3.63, 3.8) is 0 Å². The van der Waals surface area contributed by atoms with E-state index in [0.29, 0.717) is 6.42 Å². The van der Waals surface area contributed by atoms with Crippen LogP contribution in [0.2, 0.25) is 0 Å². The summed E-state index contributed by atoms with van der Waals surface area (Å²) in [6.45, 7) is 4.53. The highest BCUT2D eigenvalue weighted by molar-refractivity contribution is 5.69. The third kappa shape index (κ3) is 29.5. The predicted octanol–water partition coefficient (Wildman–Crippen LogP) is 11.3. The second-order valence-corrected chi connectivity index (χ2v) is 11.7. The third-order valence-corrected chi connectivity index (χ3v) is 7.83. The zero-order chi connectivity index (χ0) is 27.9. The van der Waals surface area contributed by atoms with E-state index < -0.39 is 5.97 Å². The van der Waals surface area contributed by atoms with Crippen molar-refractivity contribution in [3.8, 4) is 0 Å². The lowest BCUT2D eigenvalue weighted by Gasteiger charge is -2.18. The standard InChI is InChI=1S/C34H66O4/c1-3-5-7-9-11-13-14-16-17-20-24-28-32(29-25-21-19-22-26-30-33(35)36)38-34(37)31-27-23-18-15-12-10-8-6-4-2/h32H,3-31H2,1-2H3,(H,35,36). The van der Waals surface area contributed by atoms with Gasteiger partial charge >= 0.3 is 11.9 Å². The van der Waals surface area contributed by atoms with E-state index in [0.717, 1.165) is 64.2 Å². The molecule has 0 saturated carbocycles. The molecule has 0 bridgehead atoms. The average Bonchev–Trinajstić information content (AvgIpc) is 2.89. The molecule has 4 nitrogen and oxygen atoms in total. The van der Waals surface area contributed by atoms with Crippen LogP contribution in [0.15, 0.2) is 0 Å². The minimum Gasteiger partial charge on any atom is -0.481 e. The first kappa shape index (κ1) is 36.9. The maximum absolute atomic E-state index is 12.5. The number of esters is 1. The van der Waals surface area contributed by atoms with Crippen molar-refractivity contribution in [1.29, 1.82) is 0 Å². The normalized spacial score (nSPS) is 12.1. The number of carbonyl (C=O) groups is 2. The number of carboxylic acids is 1. The van der Waals surface area contributed by atoms with Crippen LogP contribution in [0.3, 0.4) is 0 Å². The van der Waals surface area contributed by atoms with Gasteiger partial charge in [-0.25, -0.2) is 0 Å². The van der Waals surface area contributed by atoms with Gasteiger partial charge in [-0.2, -0.15) is 0 Å². The van der Waals surface area contributed by atoms with Crippen LogP contribution in [0.4, 0.5) is 0 Å². The number of ether oxygens (including phenoxy) is 1. The van der Waals surface area contributed by atoms with Crippen LogP contribution in [0.5, 0.6) is 0 Å². The molecule has 0 spiro atoms. The van der Waals surface area contributed by atoms with Crippen LogP contribution in [0.1, 0.15) is 200 Å². The number of rotatable bonds is 31. The third-order valence-electron chi connectivity index (χ3n) is 7.83. The van der Waals surface area contributed by atoms with Crippen molar-refractivity contribution in [2.24, 2.45) is 0 Å². The summed E-state index contributed by atoms with van der Waals surface area (Å²) in [7, 11) is 0. The fraction of sp³-hybridized carbons (Fsp3) is 0.941. The number of carboxylic acid groups (broad SMARTS) is 1. The van der Waals surface area contributed by atoms with Crippen LogP contribution < -0.4 is 0 Å². The fourth-order valence-electron chi connectivity index (χ4n) is 5.30. The predicted molar refractivity (Wildman–Crippen MR) is 163 cm³/mol. The Morgan fingerprint density at radius 1 is 0.474 bits per heavy atom. The van der Waals surface area contributed by atoms with Gasteiger partial charge in [-0.3, -0.25) is 9.59 Å². The second kappa shape index (κ2) is 30.5. The zero-order valence-corrected chi connectivity index (χ0v) is 25.8. The lowest BCUT2D eigenvalue weighted by Crippen LogP contribution is -2.18. The van der Waals surface area contributed by atoms with Crippen LogP contribution in [-0.4, -0.2) is 23.1 Å². The van der Waals surface area contributed by atoms with Gasteiger partial charge in [0.2, 0.25) is 0 Å². The highest BCUT2D eigenvalue weighted by Gasteiger charge is 2.14. The lowest BCUT2D eigenvalue weighted by molar-refractivity contribution is -0.150. The van der Waals surface area contributed by atoms with Gasteiger partial charge in [0.1, 0.15) is 6.10 Å². The van der Waals surface area contributed by atoms with E-state index in [2.05, 4.69) is 13.8 Å². The Balaban J connectivity index is 4.04. The Morgan fingerprint density at radius 3 is 1.16 bits per heavy atom. The van der Waals surface area contributed by atoms with E-state index in [-0.39, 0.29) is 18.5 Å². The summed E-state index contributed by atoms with van der Waals surface area (Å²) in [5, 5.41) is 8.77. The summed E-state index contributed by atoms with van der Waals surface area (Å²) in [4.78, 5) is 23.2. The average molecular weight is 539 g/mol. The van der Waals surface area contributed by atoms with Crippen molar-refractivity contribution in [1.82, 2.24) is 0 Å². The van der Waals surface area contributed by atoms with Gasteiger partial charge < -0.3 is 9.84 Å². The monoisotopic (exact) mass is 538 g/mol. The lowest BCUT2D eigenvalue weighted by atomic mass is 10.0. The Bertz CT molecular complexity index is 505. The van der Waals surface area contributed by atoms with Crippen LogP contribution in [-0.2, 0) is 14.3 Å². The largest absolute Gasteiger partial charge is 0.481 e. The Kier molecular flexibility index (Phi) is 29.6. The van der Waals surface area contributed by atoms with E-state index in [1.807, 2.05) is 0 Å². The topological polar surface area (TPSA) is 63.6 Å². The van der Waals surface area contributed by atoms with Gasteiger partial charge in [0.15, 0.2) is 0 Å². The van der Waals surface area contributed by atoms with Crippen LogP contribution >= 0.6 is 0 Å². The van der Waals surface area contributed by atoms with Gasteiger partial charge in [0.25, 0.3) is 0 Å². The van der Waals surface area contributed by atoms with Crippen molar-refractivity contribution < 1.29 is 19.4 Å². The summed E-state index contributed by atoms with van der Waals surface area (Å²) in [5.41, 5.74) is 0. The minimum absolute atomic E-state index is 0.00229. The molecule has 0 aromatic rings. The van der Waals surface area contributed by atoms with E-state index >= 15 is 0 Å². The molecule has 0 aliphatic rings. The summed E-state index contributed by atoms with van der Waals surface area (Å²) in [6, 6.07) is 0. The highest BCUT2D eigenvalue weighted by atomic mass is 16.5. The first-order valence-electron chi connectivity index (χ1n) is 17.0. The molecule has 1 unspecified atom stereocenters. The van der Waals surface area contributed by atoms with E-state index in [1.165, 1.54) is 109 Å². The smallest absolute Gasteiger partial charge is 0.306 e. The molecule has 0 amide bonds. The van der Waals surface area contributed by atoms with Crippen molar-refractivity contribution in [2.45, 2.75) is 206 Å². The molecule has 0 fully saturated rings. The Hall–Kier alpha value is -1.06. The molecule has 0 aromatic heterocycles. The van der Waals surface area contributed by atoms with Crippen molar-refractivity contribution >= 4 is 11.9 Å². The van der Waals surface area contributed by atoms with Crippen molar-refractivity contribution in [2.75, 3.05) is 0 Å². The maximum Gasteiger partial charge on any atom is 0.306 e. The van der Waals surface area contributed by atoms with Gasteiger partial charge in [-0.15, -0.1) is 0 Å². The fourth-order valence-corrected chi connectivity index (χ4v) is 5.30. The molecule has 38 heavy (non-hydrogen) atoms. The minimum atomic E-state index is -0.698. The van der Waals surface area contributed by atoms with E-state index in [1.54, 1.807) is 0 Å². The zero-order valence-electron chi connectivity index (χ0n) is 25.8. The summed E-state index contributed by atoms with van der Waals surface area (Å²) in [5.74, 6) is -0.696. The molecule has 0 aromatic carbocycles. The number of hydrogen-bond donors (Lipinski definition) is 1. The highest BCUT2D eigenvalue weighted by Crippen LogP contribution is 2.19. The number of carbonyl (C=O) groups excluding carboxylic acids is 1. The SMILES string of the molecule is CCCCCCCCCCCCCC(CCCCCCCC(=O)O)OC(=O)CCCCCCCCCCC. The molecule has 0 aliphatic heterocycles. The molecule has 0 saturated heterocycles. The maximum atomic E-state index is 12.5. The molecule has 0 heterocycles. The first-order chi connectivity index (χ1) is 18.6. The van der Waals surface area contributed by atoms with Gasteiger partial charge in [-0.1, -0.05) is 149 Å². The van der Waals surface area contributed by atoms with Gasteiger partial charge in [0.05, 0.1) is 0 Å². The van der Waals surface area contributed by atoms with E-state index in [9.17, 15) is 9.59 Å². The molecular formula is C34H66O4. The second-order valence-electron chi connectivity index (χ2n) is 11.7. The summed E-state index contributed by atoms with van der Waals surface area (Å²) in [6.07, 6.45) is 33.9. The quantitative estimate of drug-likeness (QED) is 0.0704. The Morgan fingerprint density at radius 2 is 0.789 bits per heavy atom. The molecule has 226 valence electrons. The summed E-state index contributed by atoms with van der Waals surface area (Å²) < 4.78 is 5.96. The molecule has 0 rings (SSSR count). The molecular weight excluding hydrogens is 472 g/mol. The number of hydrogen-bond acceptors (Lipinski definition) is 3. The van der Waals surface area contributed by atoms with Crippen molar-refractivity contribution in [3.05, 3.63) is 0 Å². The molecule has 4 heteroatoms. The number of aliphatic carboxylic acids is 1. The first-order valence-corrected chi connectivity index (χ1v) is 17.0. The van der Waals surface area contributed by atoms with Gasteiger partial charge in [0, 0.05) is 12.8 Å². The van der Waals surface area contributed by atoms with Crippen LogP contribution in [0, 0.1) is 0 Å². The molecule has 0 aliphatic carbocycles. The number of unbranched alkanes of at least 4 members (excludes halogenated alkanes) is 22. The van der Waals surface area contributed by atoms with E-state index in [4.69, 9.17) is 9.84 Å². The molecule has 0 radical (unpaired) electrons. The Labute approximate surface area is 237 Å². The molecule has 1 atom stereocenters. The summed E-state index contributed by atoms with van der Waals surface area (Å²) >= 11 is 0. The molecule has 1 N–H and O–H groups in total.